The van der Waals surface area contributed by atoms with E-state index < -0.39 is 0 Å². The maximum Gasteiger partial charge on any atom is 0.0674 e. The van der Waals surface area contributed by atoms with Crippen molar-refractivity contribution in [3.8, 4) is 0 Å². The molecule has 3 atom stereocenters. The van der Waals surface area contributed by atoms with Gasteiger partial charge in [0.25, 0.3) is 0 Å². The van der Waals surface area contributed by atoms with Crippen LogP contribution in [-0.2, 0) is 4.74 Å². The molecule has 0 amide bonds. The molecule has 1 aromatic carbocycles. The summed E-state index contributed by atoms with van der Waals surface area (Å²) in [6.45, 7) is 9.18. The number of rotatable bonds is 4. The van der Waals surface area contributed by atoms with E-state index in [0.717, 1.165) is 26.1 Å². The molecule has 0 radical (unpaired) electrons. The minimum absolute atomic E-state index is 0.173. The molecule has 3 heteroatoms. The Labute approximate surface area is 116 Å². The largest absolute Gasteiger partial charge is 0.376 e. The van der Waals surface area contributed by atoms with E-state index in [1.807, 2.05) is 0 Å². The second-order valence-corrected chi connectivity index (χ2v) is 5.61. The third-order valence-corrected chi connectivity index (χ3v) is 3.93. The van der Waals surface area contributed by atoms with Gasteiger partial charge in [0.2, 0.25) is 0 Å². The number of morpholine rings is 1. The van der Waals surface area contributed by atoms with E-state index in [0.29, 0.717) is 12.1 Å². The van der Waals surface area contributed by atoms with Crippen LogP contribution in [0.4, 0.5) is 0 Å². The van der Waals surface area contributed by atoms with Crippen LogP contribution < -0.4 is 5.73 Å². The van der Waals surface area contributed by atoms with Gasteiger partial charge in [0.05, 0.1) is 18.8 Å². The van der Waals surface area contributed by atoms with Gasteiger partial charge in [-0.2, -0.15) is 0 Å². The second-order valence-electron chi connectivity index (χ2n) is 5.61. The summed E-state index contributed by atoms with van der Waals surface area (Å²) in [6.07, 6.45) is 1.29. The molecule has 0 spiro atoms. The molecule has 1 aliphatic heterocycles. The van der Waals surface area contributed by atoms with E-state index in [2.05, 4.69) is 49.9 Å². The van der Waals surface area contributed by atoms with E-state index in [1.165, 1.54) is 11.1 Å². The van der Waals surface area contributed by atoms with Crippen LogP contribution in [0.25, 0.3) is 0 Å². The summed E-state index contributed by atoms with van der Waals surface area (Å²) in [5, 5.41) is 0. The topological polar surface area (TPSA) is 38.5 Å². The van der Waals surface area contributed by atoms with Gasteiger partial charge in [-0.1, -0.05) is 36.8 Å². The molecule has 1 fully saturated rings. The standard InChI is InChI=1S/C16H26N2O/c1-4-15(17)16(14-7-5-6-12(2)10-14)18-8-9-19-13(3)11-18/h5-7,10,13,15-16H,4,8-9,11,17H2,1-3H3. The minimum atomic E-state index is 0.173. The molecule has 1 saturated heterocycles. The number of nitrogens with zero attached hydrogens (tertiary/aromatic N) is 1. The first-order valence-corrected chi connectivity index (χ1v) is 7.29. The monoisotopic (exact) mass is 262 g/mol. The van der Waals surface area contributed by atoms with Gasteiger partial charge in [-0.25, -0.2) is 0 Å². The number of hydrogen-bond donors (Lipinski definition) is 1. The minimum Gasteiger partial charge on any atom is -0.376 e. The molecule has 19 heavy (non-hydrogen) atoms. The van der Waals surface area contributed by atoms with Crippen molar-refractivity contribution < 1.29 is 4.74 Å². The van der Waals surface area contributed by atoms with Crippen molar-refractivity contribution in [2.75, 3.05) is 19.7 Å². The van der Waals surface area contributed by atoms with Gasteiger partial charge in [-0.15, -0.1) is 0 Å². The zero-order valence-corrected chi connectivity index (χ0v) is 12.3. The van der Waals surface area contributed by atoms with Crippen LogP contribution in [0.3, 0.4) is 0 Å². The summed E-state index contributed by atoms with van der Waals surface area (Å²) >= 11 is 0. The molecular weight excluding hydrogens is 236 g/mol. The lowest BCUT2D eigenvalue weighted by atomic mass is 9.94. The lowest BCUT2D eigenvalue weighted by molar-refractivity contribution is -0.0386. The Kier molecular flexibility index (Phi) is 4.97. The highest BCUT2D eigenvalue weighted by atomic mass is 16.5. The molecule has 1 aromatic rings. The van der Waals surface area contributed by atoms with Gasteiger partial charge in [0, 0.05) is 19.1 Å². The zero-order valence-electron chi connectivity index (χ0n) is 12.3. The second kappa shape index (κ2) is 6.51. The smallest absolute Gasteiger partial charge is 0.0674 e. The van der Waals surface area contributed by atoms with Crippen molar-refractivity contribution in [1.29, 1.82) is 0 Å². The third kappa shape index (κ3) is 3.56. The molecule has 2 rings (SSSR count). The van der Waals surface area contributed by atoms with Crippen LogP contribution in [0.2, 0.25) is 0 Å². The molecule has 0 aliphatic carbocycles. The van der Waals surface area contributed by atoms with Crippen LogP contribution in [0, 0.1) is 6.92 Å². The summed E-state index contributed by atoms with van der Waals surface area (Å²) in [5.74, 6) is 0. The van der Waals surface area contributed by atoms with Crippen molar-refractivity contribution in [2.45, 2.75) is 45.4 Å². The van der Waals surface area contributed by atoms with E-state index >= 15 is 0 Å². The summed E-state index contributed by atoms with van der Waals surface area (Å²) < 4.78 is 5.65. The molecule has 0 bridgehead atoms. The highest BCUT2D eigenvalue weighted by molar-refractivity contribution is 5.26. The quantitative estimate of drug-likeness (QED) is 0.906. The Morgan fingerprint density at radius 3 is 2.89 bits per heavy atom. The summed E-state index contributed by atoms with van der Waals surface area (Å²) in [6, 6.07) is 9.21. The number of nitrogens with two attached hydrogens (primary N) is 1. The molecule has 106 valence electrons. The molecule has 3 nitrogen and oxygen atoms in total. The van der Waals surface area contributed by atoms with Gasteiger partial charge in [0.15, 0.2) is 0 Å². The lowest BCUT2D eigenvalue weighted by Gasteiger charge is -2.40. The summed E-state index contributed by atoms with van der Waals surface area (Å²) in [7, 11) is 0. The average Bonchev–Trinajstić information content (AvgIpc) is 2.39. The van der Waals surface area contributed by atoms with Crippen molar-refractivity contribution in [1.82, 2.24) is 4.90 Å². The van der Waals surface area contributed by atoms with Crippen molar-refractivity contribution >= 4 is 0 Å². The molecular formula is C16H26N2O. The molecule has 1 heterocycles. The Bertz CT molecular complexity index is 407. The van der Waals surface area contributed by atoms with Crippen LogP contribution >= 0.6 is 0 Å². The van der Waals surface area contributed by atoms with E-state index in [1.54, 1.807) is 0 Å². The fraction of sp³-hybridized carbons (Fsp3) is 0.625. The highest BCUT2D eigenvalue weighted by Gasteiger charge is 2.29. The first-order valence-electron chi connectivity index (χ1n) is 7.29. The van der Waals surface area contributed by atoms with Gasteiger partial charge in [0.1, 0.15) is 0 Å². The number of ether oxygens (including phenoxy) is 1. The Morgan fingerprint density at radius 1 is 1.47 bits per heavy atom. The van der Waals surface area contributed by atoms with Gasteiger partial charge >= 0.3 is 0 Å². The van der Waals surface area contributed by atoms with Gasteiger partial charge in [-0.05, 0) is 25.8 Å². The van der Waals surface area contributed by atoms with E-state index in [9.17, 15) is 0 Å². The van der Waals surface area contributed by atoms with Crippen molar-refractivity contribution in [3.63, 3.8) is 0 Å². The van der Waals surface area contributed by atoms with Crippen LogP contribution in [0.5, 0.6) is 0 Å². The predicted octanol–water partition coefficient (Wildman–Crippen LogP) is 2.49. The van der Waals surface area contributed by atoms with Gasteiger partial charge < -0.3 is 10.5 Å². The predicted molar refractivity (Wildman–Crippen MR) is 79.2 cm³/mol. The summed E-state index contributed by atoms with van der Waals surface area (Å²) in [5.41, 5.74) is 9.03. The fourth-order valence-electron chi connectivity index (χ4n) is 2.90. The number of benzene rings is 1. The SMILES string of the molecule is CCC(N)C(c1cccc(C)c1)N1CCOC(C)C1. The normalized spacial score (nSPS) is 24.1. The number of aryl methyl sites for hydroxylation is 1. The van der Waals surface area contributed by atoms with Crippen molar-refractivity contribution in [3.05, 3.63) is 35.4 Å². The molecule has 3 unspecified atom stereocenters. The maximum absolute atomic E-state index is 6.39. The Hall–Kier alpha value is -0.900. The Morgan fingerprint density at radius 2 is 2.26 bits per heavy atom. The van der Waals surface area contributed by atoms with Crippen LogP contribution in [0.15, 0.2) is 24.3 Å². The van der Waals surface area contributed by atoms with Crippen molar-refractivity contribution in [2.24, 2.45) is 5.73 Å². The maximum atomic E-state index is 6.39. The average molecular weight is 262 g/mol. The highest BCUT2D eigenvalue weighted by Crippen LogP contribution is 2.27. The molecule has 0 aromatic heterocycles. The number of hydrogen-bond acceptors (Lipinski definition) is 3. The zero-order chi connectivity index (χ0) is 13.8. The van der Waals surface area contributed by atoms with Crippen LogP contribution in [0.1, 0.15) is 37.4 Å². The lowest BCUT2D eigenvalue weighted by Crippen LogP contribution is -2.48. The van der Waals surface area contributed by atoms with E-state index in [-0.39, 0.29) is 6.04 Å². The molecule has 2 N–H and O–H groups in total. The third-order valence-electron chi connectivity index (χ3n) is 3.93. The molecule has 1 aliphatic rings. The summed E-state index contributed by atoms with van der Waals surface area (Å²) in [4.78, 5) is 2.48. The van der Waals surface area contributed by atoms with E-state index in [4.69, 9.17) is 10.5 Å². The fourth-order valence-corrected chi connectivity index (χ4v) is 2.90. The first-order chi connectivity index (χ1) is 9.11. The van der Waals surface area contributed by atoms with Gasteiger partial charge in [-0.3, -0.25) is 4.90 Å². The van der Waals surface area contributed by atoms with Crippen LogP contribution in [-0.4, -0.2) is 36.7 Å². The molecule has 0 saturated carbocycles. The first kappa shape index (κ1) is 14.5. The Balaban J connectivity index is 2.25.